The van der Waals surface area contributed by atoms with E-state index in [0.717, 1.165) is 50.3 Å². The summed E-state index contributed by atoms with van der Waals surface area (Å²) in [5.41, 5.74) is 6.84. The molecule has 1 unspecified atom stereocenters. The zero-order chi connectivity index (χ0) is 19.9. The number of fused-ring (bicyclic) bond motifs is 5. The molecule has 7 atom stereocenters. The molecule has 3 N–H and O–H groups in total. The number of oxime groups is 1. The molecule has 0 heterocycles. The summed E-state index contributed by atoms with van der Waals surface area (Å²) in [5.74, 6) is 3.44. The van der Waals surface area contributed by atoms with Gasteiger partial charge in [0.25, 0.3) is 0 Å². The van der Waals surface area contributed by atoms with Crippen molar-refractivity contribution in [3.8, 4) is 0 Å². The van der Waals surface area contributed by atoms with Gasteiger partial charge in [0.15, 0.2) is 0 Å². The van der Waals surface area contributed by atoms with Gasteiger partial charge in [-0.25, -0.2) is 0 Å². The van der Waals surface area contributed by atoms with Crippen molar-refractivity contribution in [2.75, 3.05) is 6.54 Å². The smallest absolute Gasteiger partial charge is 0.139 e. The van der Waals surface area contributed by atoms with E-state index >= 15 is 0 Å². The van der Waals surface area contributed by atoms with Crippen molar-refractivity contribution in [2.24, 2.45) is 51.3 Å². The molecule has 0 aromatic heterocycles. The number of carbonyl (C=O) groups is 1. The summed E-state index contributed by atoms with van der Waals surface area (Å²) in [6, 6.07) is 0. The summed E-state index contributed by atoms with van der Waals surface area (Å²) >= 11 is 0. The van der Waals surface area contributed by atoms with Gasteiger partial charge in [-0.05, 0) is 87.0 Å². The topological polar surface area (TPSA) is 75.7 Å². The van der Waals surface area contributed by atoms with Gasteiger partial charge < -0.3 is 10.9 Å². The van der Waals surface area contributed by atoms with Gasteiger partial charge in [-0.3, -0.25) is 4.79 Å². The Balaban J connectivity index is 1.52. The number of hydrogen-bond acceptors (Lipinski definition) is 4. The zero-order valence-corrected chi connectivity index (χ0v) is 18.0. The van der Waals surface area contributed by atoms with Crippen molar-refractivity contribution >= 4 is 11.5 Å². The maximum atomic E-state index is 12.6. The molecule has 0 spiro atoms. The van der Waals surface area contributed by atoms with E-state index in [1.165, 1.54) is 44.9 Å². The lowest BCUT2D eigenvalue weighted by molar-refractivity contribution is -0.134. The molecule has 0 aromatic carbocycles. The Morgan fingerprint density at radius 2 is 1.93 bits per heavy atom. The van der Waals surface area contributed by atoms with E-state index in [9.17, 15) is 10.0 Å². The number of rotatable bonds is 5. The molecule has 4 aliphatic carbocycles. The van der Waals surface area contributed by atoms with Crippen LogP contribution in [0, 0.1) is 40.4 Å². The second-order valence-electron chi connectivity index (χ2n) is 10.9. The first-order valence-electron chi connectivity index (χ1n) is 11.9. The van der Waals surface area contributed by atoms with Crippen molar-refractivity contribution in [3.05, 3.63) is 0 Å². The highest BCUT2D eigenvalue weighted by molar-refractivity contribution is 5.90. The molecule has 4 saturated carbocycles. The highest BCUT2D eigenvalue weighted by Gasteiger charge is 2.61. The van der Waals surface area contributed by atoms with E-state index in [4.69, 9.17) is 5.73 Å². The summed E-state index contributed by atoms with van der Waals surface area (Å²) in [5, 5.41) is 13.8. The molecule has 158 valence electrons. The van der Waals surface area contributed by atoms with Gasteiger partial charge in [-0.2, -0.15) is 0 Å². The summed E-state index contributed by atoms with van der Waals surface area (Å²) in [4.78, 5) is 12.6. The molecule has 4 aliphatic rings. The number of hydrogen-bond donors (Lipinski definition) is 2. The minimum absolute atomic E-state index is 0.106. The molecule has 0 amide bonds. The van der Waals surface area contributed by atoms with Crippen LogP contribution in [-0.2, 0) is 4.79 Å². The summed E-state index contributed by atoms with van der Waals surface area (Å²) < 4.78 is 0. The van der Waals surface area contributed by atoms with Crippen LogP contribution in [0.1, 0.15) is 90.9 Å². The van der Waals surface area contributed by atoms with Gasteiger partial charge in [0, 0.05) is 17.8 Å². The second-order valence-corrected chi connectivity index (χ2v) is 10.9. The third-order valence-electron chi connectivity index (χ3n) is 9.74. The van der Waals surface area contributed by atoms with E-state index in [1.54, 1.807) is 0 Å². The normalized spacial score (nSPS) is 46.9. The van der Waals surface area contributed by atoms with Gasteiger partial charge in [0.2, 0.25) is 0 Å². The Morgan fingerprint density at radius 3 is 2.68 bits per heavy atom. The van der Waals surface area contributed by atoms with Crippen LogP contribution in [-0.4, -0.2) is 23.2 Å². The third-order valence-corrected chi connectivity index (χ3v) is 9.74. The predicted octanol–water partition coefficient (Wildman–Crippen LogP) is 5.17. The molecule has 4 heteroatoms. The first-order valence-corrected chi connectivity index (χ1v) is 11.9. The molecule has 4 rings (SSSR count). The van der Waals surface area contributed by atoms with Crippen LogP contribution in [0.3, 0.4) is 0 Å². The van der Waals surface area contributed by atoms with Crippen molar-refractivity contribution in [1.82, 2.24) is 0 Å². The van der Waals surface area contributed by atoms with Crippen molar-refractivity contribution in [3.63, 3.8) is 0 Å². The maximum absolute atomic E-state index is 12.6. The van der Waals surface area contributed by atoms with Crippen LogP contribution in [0.2, 0.25) is 0 Å². The van der Waals surface area contributed by atoms with E-state index in [0.29, 0.717) is 29.5 Å². The highest BCUT2D eigenvalue weighted by atomic mass is 16.4. The molecular formula is C24H40N2O2. The molecule has 0 radical (unpaired) electrons. The average molecular weight is 389 g/mol. The lowest BCUT2D eigenvalue weighted by atomic mass is 9.44. The molecule has 0 aromatic rings. The monoisotopic (exact) mass is 388 g/mol. The van der Waals surface area contributed by atoms with Crippen molar-refractivity contribution < 1.29 is 10.0 Å². The number of nitrogens with two attached hydrogens (primary N) is 1. The van der Waals surface area contributed by atoms with Gasteiger partial charge in [0.1, 0.15) is 5.78 Å². The standard InChI is InChI=1S/C24H40N2O2/c1-23-11-9-16(6-4-3-5-13-25)14-20(23)21(26-28)15-17-18-7-8-22(27)24(18,2)12-10-19(17)23/h16-20,28H,3-15,25H2,1-2H3/b26-21+/t16?,17-,18-,19-,20+,23+,24-/m0/s1. The lowest BCUT2D eigenvalue weighted by Crippen LogP contribution is -2.56. The summed E-state index contributed by atoms with van der Waals surface area (Å²) in [7, 11) is 0. The van der Waals surface area contributed by atoms with E-state index in [-0.39, 0.29) is 10.8 Å². The maximum Gasteiger partial charge on any atom is 0.139 e. The van der Waals surface area contributed by atoms with Crippen LogP contribution in [0.4, 0.5) is 0 Å². The molecule has 0 bridgehead atoms. The summed E-state index contributed by atoms with van der Waals surface area (Å²) in [6.07, 6.45) is 13.8. The Bertz CT molecular complexity index is 632. The minimum atomic E-state index is -0.106. The Kier molecular flexibility index (Phi) is 5.63. The van der Waals surface area contributed by atoms with Crippen molar-refractivity contribution in [2.45, 2.75) is 90.9 Å². The average Bonchev–Trinajstić information content (AvgIpc) is 3.00. The van der Waals surface area contributed by atoms with Gasteiger partial charge in [-0.1, -0.05) is 38.3 Å². The van der Waals surface area contributed by atoms with Gasteiger partial charge in [0.05, 0.1) is 5.71 Å². The molecule has 4 nitrogen and oxygen atoms in total. The number of unbranched alkanes of at least 4 members (excludes halogenated alkanes) is 2. The van der Waals surface area contributed by atoms with E-state index in [1.807, 2.05) is 0 Å². The number of carbonyl (C=O) groups excluding carboxylic acids is 1. The van der Waals surface area contributed by atoms with Crippen LogP contribution >= 0.6 is 0 Å². The van der Waals surface area contributed by atoms with Crippen LogP contribution < -0.4 is 5.73 Å². The van der Waals surface area contributed by atoms with E-state index in [2.05, 4.69) is 19.0 Å². The fraction of sp³-hybridized carbons (Fsp3) is 0.917. The SMILES string of the molecule is C[C@]12CCC(CCCCCN)C[C@@H]1/C(=N/O)C[C@@H]1[C@@H]2CC[C@]2(C)C(=O)CC[C@@H]12. The molecule has 0 aliphatic heterocycles. The predicted molar refractivity (Wildman–Crippen MR) is 112 cm³/mol. The van der Waals surface area contributed by atoms with Gasteiger partial charge in [-0.15, -0.1) is 0 Å². The Labute approximate surface area is 170 Å². The highest BCUT2D eigenvalue weighted by Crippen LogP contribution is 2.65. The number of nitrogens with zero attached hydrogens (tertiary/aromatic N) is 1. The minimum Gasteiger partial charge on any atom is -0.411 e. The quantitative estimate of drug-likeness (QED) is 0.387. The van der Waals surface area contributed by atoms with Crippen LogP contribution in [0.5, 0.6) is 0 Å². The third kappa shape index (κ3) is 3.14. The molecule has 0 saturated heterocycles. The Hall–Kier alpha value is -0.900. The summed E-state index contributed by atoms with van der Waals surface area (Å²) in [6.45, 7) is 5.52. The first-order chi connectivity index (χ1) is 13.4. The fourth-order valence-corrected chi connectivity index (χ4v) is 8.04. The molecule has 4 fully saturated rings. The largest absolute Gasteiger partial charge is 0.411 e. The lowest BCUT2D eigenvalue weighted by Gasteiger charge is -2.60. The van der Waals surface area contributed by atoms with Gasteiger partial charge >= 0.3 is 0 Å². The zero-order valence-electron chi connectivity index (χ0n) is 18.0. The molecule has 28 heavy (non-hydrogen) atoms. The Morgan fingerprint density at radius 1 is 1.11 bits per heavy atom. The van der Waals surface area contributed by atoms with Crippen LogP contribution in [0.15, 0.2) is 5.16 Å². The van der Waals surface area contributed by atoms with Crippen molar-refractivity contribution in [1.29, 1.82) is 0 Å². The number of Topliss-reactive ketones (excluding diaryl/α,β-unsaturated/α-hetero) is 1. The fourth-order valence-electron chi connectivity index (χ4n) is 8.04. The second kappa shape index (κ2) is 7.74. The number of ketones is 1. The molecular weight excluding hydrogens is 348 g/mol. The van der Waals surface area contributed by atoms with E-state index < -0.39 is 0 Å². The first kappa shape index (κ1) is 20.4. The van der Waals surface area contributed by atoms with Crippen LogP contribution in [0.25, 0.3) is 0 Å².